The lowest BCUT2D eigenvalue weighted by molar-refractivity contribution is -0.125. The summed E-state index contributed by atoms with van der Waals surface area (Å²) >= 11 is 0. The van der Waals surface area contributed by atoms with Gasteiger partial charge in [0.15, 0.2) is 0 Å². The van der Waals surface area contributed by atoms with E-state index in [1.807, 2.05) is 0 Å². The molecular formula is C22H33N3O. The van der Waals surface area contributed by atoms with Crippen molar-refractivity contribution in [2.75, 3.05) is 26.2 Å². The van der Waals surface area contributed by atoms with Crippen LogP contribution in [0.5, 0.6) is 0 Å². The molecule has 0 bridgehead atoms. The van der Waals surface area contributed by atoms with Crippen LogP contribution in [0, 0.1) is 23.2 Å². The zero-order chi connectivity index (χ0) is 18.1. The Labute approximate surface area is 157 Å². The maximum absolute atomic E-state index is 12.9. The highest BCUT2D eigenvalue weighted by molar-refractivity contribution is 5.83. The van der Waals surface area contributed by atoms with Gasteiger partial charge in [0.2, 0.25) is 5.91 Å². The molecule has 0 aromatic heterocycles. The summed E-state index contributed by atoms with van der Waals surface area (Å²) in [6.07, 6.45) is 3.45. The van der Waals surface area contributed by atoms with E-state index in [1.54, 1.807) is 0 Å². The Balaban J connectivity index is 1.31. The number of nitrogens with zero attached hydrogens (tertiary/aromatic N) is 1. The monoisotopic (exact) mass is 355 g/mol. The molecule has 3 fully saturated rings. The molecule has 1 spiro atoms. The summed E-state index contributed by atoms with van der Waals surface area (Å²) < 4.78 is 0. The third kappa shape index (κ3) is 3.67. The van der Waals surface area contributed by atoms with Crippen molar-refractivity contribution in [3.8, 4) is 0 Å². The third-order valence-corrected chi connectivity index (χ3v) is 6.98. The average molecular weight is 356 g/mol. The van der Waals surface area contributed by atoms with Crippen LogP contribution in [-0.2, 0) is 11.3 Å². The van der Waals surface area contributed by atoms with E-state index in [4.69, 9.17) is 0 Å². The van der Waals surface area contributed by atoms with Crippen LogP contribution in [0.15, 0.2) is 30.3 Å². The molecule has 2 heterocycles. The summed E-state index contributed by atoms with van der Waals surface area (Å²) in [7, 11) is 0. The average Bonchev–Trinajstić information content (AvgIpc) is 3.32. The zero-order valence-corrected chi connectivity index (χ0v) is 16.2. The van der Waals surface area contributed by atoms with Gasteiger partial charge in [-0.1, -0.05) is 44.2 Å². The second kappa shape index (κ2) is 7.32. The largest absolute Gasteiger partial charge is 0.352 e. The van der Waals surface area contributed by atoms with Crippen molar-refractivity contribution in [3.63, 3.8) is 0 Å². The minimum Gasteiger partial charge on any atom is -0.352 e. The van der Waals surface area contributed by atoms with E-state index in [2.05, 4.69) is 59.7 Å². The molecule has 3 aliphatic rings. The highest BCUT2D eigenvalue weighted by atomic mass is 16.2. The number of piperidine rings is 2. The highest BCUT2D eigenvalue weighted by Crippen LogP contribution is 2.58. The van der Waals surface area contributed by atoms with Crippen molar-refractivity contribution in [1.82, 2.24) is 15.5 Å². The van der Waals surface area contributed by atoms with Crippen molar-refractivity contribution >= 4 is 5.91 Å². The number of benzene rings is 1. The number of carbonyl (C=O) groups excluding carboxylic acids is 1. The molecule has 1 aromatic carbocycles. The molecule has 4 rings (SSSR count). The fraction of sp³-hybridized carbons (Fsp3) is 0.682. The predicted octanol–water partition coefficient (Wildman–Crippen LogP) is 2.65. The van der Waals surface area contributed by atoms with E-state index in [0.29, 0.717) is 29.2 Å². The summed E-state index contributed by atoms with van der Waals surface area (Å²) in [5.41, 5.74) is 1.70. The Morgan fingerprint density at radius 2 is 1.81 bits per heavy atom. The molecule has 26 heavy (non-hydrogen) atoms. The van der Waals surface area contributed by atoms with Gasteiger partial charge in [0, 0.05) is 31.6 Å². The van der Waals surface area contributed by atoms with E-state index in [-0.39, 0.29) is 5.92 Å². The molecular weight excluding hydrogens is 322 g/mol. The molecule has 3 unspecified atom stereocenters. The van der Waals surface area contributed by atoms with Crippen LogP contribution in [0.25, 0.3) is 0 Å². The lowest BCUT2D eigenvalue weighted by Gasteiger charge is -2.42. The normalized spacial score (nSPS) is 33.8. The molecule has 4 heteroatoms. The van der Waals surface area contributed by atoms with Crippen LogP contribution in [0.2, 0.25) is 0 Å². The summed E-state index contributed by atoms with van der Waals surface area (Å²) in [6, 6.07) is 11.0. The molecule has 2 saturated heterocycles. The first-order valence-electron chi connectivity index (χ1n) is 10.3. The lowest BCUT2D eigenvalue weighted by Crippen LogP contribution is -2.55. The second-order valence-corrected chi connectivity index (χ2v) is 9.04. The van der Waals surface area contributed by atoms with Gasteiger partial charge >= 0.3 is 0 Å². The molecule has 1 aromatic rings. The van der Waals surface area contributed by atoms with Crippen LogP contribution in [0.4, 0.5) is 0 Å². The van der Waals surface area contributed by atoms with Crippen LogP contribution in [0.3, 0.4) is 0 Å². The lowest BCUT2D eigenvalue weighted by atomic mass is 9.85. The maximum Gasteiger partial charge on any atom is 0.223 e. The standard InChI is InChI=1S/C22H33N3O/c1-16-13-25(15-18-6-4-3-5-7-18)14-17(2)20(16)24-21(26)19-12-22(19)8-10-23-11-9-22/h3-7,16-17,19-20,23H,8-15H2,1-2H3,(H,24,26). The Bertz CT molecular complexity index is 614. The van der Waals surface area contributed by atoms with E-state index >= 15 is 0 Å². The summed E-state index contributed by atoms with van der Waals surface area (Å²) in [6.45, 7) is 9.88. The molecule has 1 saturated carbocycles. The number of hydrogen-bond donors (Lipinski definition) is 2. The molecule has 0 radical (unpaired) electrons. The van der Waals surface area contributed by atoms with Crippen molar-refractivity contribution in [2.45, 2.75) is 45.7 Å². The van der Waals surface area contributed by atoms with Crippen LogP contribution >= 0.6 is 0 Å². The summed E-state index contributed by atoms with van der Waals surface area (Å²) in [5, 5.41) is 6.87. The Morgan fingerprint density at radius 3 is 2.46 bits per heavy atom. The van der Waals surface area contributed by atoms with Gasteiger partial charge in [-0.25, -0.2) is 0 Å². The summed E-state index contributed by atoms with van der Waals surface area (Å²) in [4.78, 5) is 15.4. The van der Waals surface area contributed by atoms with E-state index in [0.717, 1.165) is 39.1 Å². The zero-order valence-electron chi connectivity index (χ0n) is 16.2. The topological polar surface area (TPSA) is 44.4 Å². The highest BCUT2D eigenvalue weighted by Gasteiger charge is 2.58. The van der Waals surface area contributed by atoms with Gasteiger partial charge in [0.05, 0.1) is 0 Å². The van der Waals surface area contributed by atoms with E-state index < -0.39 is 0 Å². The van der Waals surface area contributed by atoms with Gasteiger partial charge in [-0.3, -0.25) is 9.69 Å². The van der Waals surface area contributed by atoms with Crippen molar-refractivity contribution in [3.05, 3.63) is 35.9 Å². The first kappa shape index (κ1) is 18.0. The number of likely N-dealkylation sites (tertiary alicyclic amines) is 1. The van der Waals surface area contributed by atoms with Gasteiger partial charge in [-0.2, -0.15) is 0 Å². The van der Waals surface area contributed by atoms with Crippen molar-refractivity contribution in [2.24, 2.45) is 23.2 Å². The number of carbonyl (C=O) groups is 1. The first-order valence-corrected chi connectivity index (χ1v) is 10.3. The van der Waals surface area contributed by atoms with Gasteiger partial charge in [-0.15, -0.1) is 0 Å². The Hall–Kier alpha value is -1.39. The number of amides is 1. The number of hydrogen-bond acceptors (Lipinski definition) is 3. The predicted molar refractivity (Wildman–Crippen MR) is 105 cm³/mol. The number of nitrogens with one attached hydrogen (secondary N) is 2. The van der Waals surface area contributed by atoms with Gasteiger partial charge in [0.25, 0.3) is 0 Å². The van der Waals surface area contributed by atoms with Crippen molar-refractivity contribution < 1.29 is 4.79 Å². The quantitative estimate of drug-likeness (QED) is 0.873. The SMILES string of the molecule is CC1CN(Cc2ccccc2)CC(C)C1NC(=O)C1CC12CCNCC2. The first-order chi connectivity index (χ1) is 12.6. The summed E-state index contributed by atoms with van der Waals surface area (Å²) in [5.74, 6) is 1.58. The molecule has 2 N–H and O–H groups in total. The number of rotatable bonds is 4. The van der Waals surface area contributed by atoms with Crippen LogP contribution in [-0.4, -0.2) is 43.0 Å². The molecule has 142 valence electrons. The molecule has 4 nitrogen and oxygen atoms in total. The Kier molecular flexibility index (Phi) is 5.07. The third-order valence-electron chi connectivity index (χ3n) is 6.98. The van der Waals surface area contributed by atoms with E-state index in [1.165, 1.54) is 18.4 Å². The molecule has 1 aliphatic carbocycles. The van der Waals surface area contributed by atoms with Gasteiger partial charge in [0.1, 0.15) is 0 Å². The smallest absolute Gasteiger partial charge is 0.223 e. The van der Waals surface area contributed by atoms with Crippen LogP contribution in [0.1, 0.15) is 38.7 Å². The minimum absolute atomic E-state index is 0.270. The second-order valence-electron chi connectivity index (χ2n) is 9.04. The molecule has 3 atom stereocenters. The van der Waals surface area contributed by atoms with Crippen LogP contribution < -0.4 is 10.6 Å². The van der Waals surface area contributed by atoms with Gasteiger partial charge < -0.3 is 10.6 Å². The minimum atomic E-state index is 0.270. The Morgan fingerprint density at radius 1 is 1.15 bits per heavy atom. The van der Waals surface area contributed by atoms with Crippen molar-refractivity contribution in [1.29, 1.82) is 0 Å². The van der Waals surface area contributed by atoms with E-state index in [9.17, 15) is 4.79 Å². The fourth-order valence-electron chi connectivity index (χ4n) is 5.39. The van der Waals surface area contributed by atoms with Gasteiger partial charge in [-0.05, 0) is 55.2 Å². The molecule has 1 amide bonds. The maximum atomic E-state index is 12.9. The fourth-order valence-corrected chi connectivity index (χ4v) is 5.39. The molecule has 2 aliphatic heterocycles.